The minimum absolute atomic E-state index is 0.170. The molecular formula is C9H12O4. The number of hydrogen-bond acceptors (Lipinski definition) is 3. The summed E-state index contributed by atoms with van der Waals surface area (Å²) in [4.78, 5) is 19.8. The van der Waals surface area contributed by atoms with Crippen molar-refractivity contribution in [1.82, 2.24) is 0 Å². The van der Waals surface area contributed by atoms with Crippen LogP contribution < -0.4 is 0 Å². The Balaban J connectivity index is 0.000000252. The fraction of sp³-hybridized carbons (Fsp3) is 0.333. The molecule has 0 bridgehead atoms. The maximum Gasteiger partial charge on any atom is 0.333 e. The lowest BCUT2D eigenvalue weighted by molar-refractivity contribution is -0.136. The predicted octanol–water partition coefficient (Wildman–Crippen LogP) is 1.14. The van der Waals surface area contributed by atoms with E-state index >= 15 is 0 Å². The highest BCUT2D eigenvalue weighted by Crippen LogP contribution is 2.18. The van der Waals surface area contributed by atoms with E-state index < -0.39 is 5.97 Å². The van der Waals surface area contributed by atoms with E-state index in [4.69, 9.17) is 5.11 Å². The van der Waals surface area contributed by atoms with E-state index in [1.54, 1.807) is 0 Å². The Morgan fingerprint density at radius 3 is 2.23 bits per heavy atom. The first-order valence-electron chi connectivity index (χ1n) is 3.74. The molecule has 13 heavy (non-hydrogen) atoms. The van der Waals surface area contributed by atoms with Gasteiger partial charge in [-0.05, 0) is 12.8 Å². The van der Waals surface area contributed by atoms with Gasteiger partial charge in [-0.2, -0.15) is 0 Å². The van der Waals surface area contributed by atoms with Gasteiger partial charge in [0, 0.05) is 11.6 Å². The second-order valence-electron chi connectivity index (χ2n) is 2.30. The van der Waals surface area contributed by atoms with Crippen molar-refractivity contribution in [3.63, 3.8) is 0 Å². The molecule has 0 aromatic heterocycles. The van der Waals surface area contributed by atoms with Crippen LogP contribution in [0, 0.1) is 0 Å². The summed E-state index contributed by atoms with van der Waals surface area (Å²) >= 11 is 0. The van der Waals surface area contributed by atoms with Gasteiger partial charge in [0.25, 0.3) is 0 Å². The average Bonchev–Trinajstić information content (AvgIpc) is 2.02. The van der Waals surface area contributed by atoms with Gasteiger partial charge in [-0.15, -0.1) is 0 Å². The minimum Gasteiger partial charge on any atom is -0.478 e. The second-order valence-corrected chi connectivity index (χ2v) is 2.30. The van der Waals surface area contributed by atoms with Gasteiger partial charge in [0.15, 0.2) is 0 Å². The molecule has 0 fully saturated rings. The molecule has 4 heteroatoms. The molecule has 0 heterocycles. The first-order valence-corrected chi connectivity index (χ1v) is 3.74. The highest BCUT2D eigenvalue weighted by molar-refractivity contribution is 5.89. The van der Waals surface area contributed by atoms with Crippen LogP contribution >= 0.6 is 0 Å². The van der Waals surface area contributed by atoms with Crippen LogP contribution in [0.5, 0.6) is 0 Å². The van der Waals surface area contributed by atoms with E-state index in [1.165, 1.54) is 7.11 Å². The molecule has 0 radical (unpaired) electrons. The maximum atomic E-state index is 10.5. The van der Waals surface area contributed by atoms with Gasteiger partial charge in [-0.3, -0.25) is 0 Å². The predicted molar refractivity (Wildman–Crippen MR) is 47.2 cm³/mol. The van der Waals surface area contributed by atoms with Crippen molar-refractivity contribution < 1.29 is 19.4 Å². The number of methoxy groups -OCH3 is 1. The molecule has 0 atom stereocenters. The molecule has 1 aliphatic carbocycles. The van der Waals surface area contributed by atoms with E-state index in [2.05, 4.69) is 11.3 Å². The third kappa shape index (κ3) is 4.79. The average molecular weight is 184 g/mol. The number of allylic oxidation sites excluding steroid dienone is 1. The van der Waals surface area contributed by atoms with Crippen LogP contribution in [0.1, 0.15) is 12.8 Å². The maximum absolute atomic E-state index is 10.5. The Morgan fingerprint density at radius 1 is 1.69 bits per heavy atom. The monoisotopic (exact) mass is 184 g/mol. The lowest BCUT2D eigenvalue weighted by atomic mass is 10.00. The van der Waals surface area contributed by atoms with Gasteiger partial charge in [0.2, 0.25) is 0 Å². The van der Waals surface area contributed by atoms with Crippen LogP contribution in [0.25, 0.3) is 0 Å². The molecule has 0 saturated carbocycles. The molecular weight excluding hydrogens is 172 g/mol. The zero-order valence-electron chi connectivity index (χ0n) is 7.45. The highest BCUT2D eigenvalue weighted by Gasteiger charge is 2.13. The van der Waals surface area contributed by atoms with E-state index in [0.29, 0.717) is 0 Å². The smallest absolute Gasteiger partial charge is 0.333 e. The van der Waals surface area contributed by atoms with Gasteiger partial charge in [0.05, 0.1) is 7.11 Å². The normalized spacial score (nSPS) is 12.5. The number of esters is 1. The Morgan fingerprint density at radius 2 is 2.15 bits per heavy atom. The number of aliphatic carboxylic acids is 1. The third-order valence-electron chi connectivity index (χ3n) is 1.43. The molecule has 1 aliphatic rings. The molecule has 0 aromatic rings. The van der Waals surface area contributed by atoms with Crippen molar-refractivity contribution in [2.75, 3.05) is 7.11 Å². The van der Waals surface area contributed by atoms with Gasteiger partial charge in [-0.25, -0.2) is 9.59 Å². The van der Waals surface area contributed by atoms with E-state index in [9.17, 15) is 9.59 Å². The number of hydrogen-bond donors (Lipinski definition) is 1. The van der Waals surface area contributed by atoms with Crippen molar-refractivity contribution >= 4 is 11.9 Å². The first-order chi connectivity index (χ1) is 6.11. The van der Waals surface area contributed by atoms with Crippen LogP contribution in [0.4, 0.5) is 0 Å². The molecule has 0 aromatic carbocycles. The molecule has 0 saturated heterocycles. The summed E-state index contributed by atoms with van der Waals surface area (Å²) in [7, 11) is 1.40. The van der Waals surface area contributed by atoms with Crippen LogP contribution in [-0.2, 0) is 14.3 Å². The summed E-state index contributed by atoms with van der Waals surface area (Å²) in [5.74, 6) is -1.15. The molecule has 0 aliphatic heterocycles. The fourth-order valence-corrected chi connectivity index (χ4v) is 0.605. The quantitative estimate of drug-likeness (QED) is 0.516. The summed E-state index contributed by atoms with van der Waals surface area (Å²) in [5.41, 5.74) is 0.826. The third-order valence-corrected chi connectivity index (χ3v) is 1.43. The lowest BCUT2D eigenvalue weighted by Gasteiger charge is -2.09. The van der Waals surface area contributed by atoms with E-state index in [-0.39, 0.29) is 5.97 Å². The Bertz CT molecular complexity index is 240. The van der Waals surface area contributed by atoms with Crippen molar-refractivity contribution in [3.05, 3.63) is 24.3 Å². The highest BCUT2D eigenvalue weighted by atomic mass is 16.5. The number of carboxylic acids is 1. The number of carbonyl (C=O) groups excluding carboxylic acids is 1. The van der Waals surface area contributed by atoms with Crippen molar-refractivity contribution in [1.29, 1.82) is 0 Å². The van der Waals surface area contributed by atoms with Crippen molar-refractivity contribution in [2.24, 2.45) is 0 Å². The molecule has 0 amide bonds. The van der Waals surface area contributed by atoms with Crippen LogP contribution in [-0.4, -0.2) is 24.2 Å². The SMILES string of the molecule is C=CC(=O)O.COC(=O)C1=CCC1. The molecule has 0 spiro atoms. The summed E-state index contributed by atoms with van der Waals surface area (Å²) < 4.78 is 4.45. The van der Waals surface area contributed by atoms with Crippen LogP contribution in [0.3, 0.4) is 0 Å². The van der Waals surface area contributed by atoms with E-state index in [1.807, 2.05) is 6.08 Å². The molecule has 4 nitrogen and oxygen atoms in total. The summed E-state index contributed by atoms with van der Waals surface area (Å²) in [5, 5.41) is 7.60. The second kappa shape index (κ2) is 5.99. The Kier molecular flexibility index (Phi) is 5.27. The van der Waals surface area contributed by atoms with Crippen molar-refractivity contribution in [2.45, 2.75) is 12.8 Å². The van der Waals surface area contributed by atoms with Crippen LogP contribution in [0.15, 0.2) is 24.3 Å². The van der Waals surface area contributed by atoms with Gasteiger partial charge in [0.1, 0.15) is 0 Å². The first kappa shape index (κ1) is 11.4. The number of carboxylic acid groups (broad SMARTS) is 1. The minimum atomic E-state index is -0.981. The zero-order chi connectivity index (χ0) is 10.3. The Labute approximate surface area is 76.5 Å². The van der Waals surface area contributed by atoms with Gasteiger partial charge in [-0.1, -0.05) is 12.7 Å². The largest absolute Gasteiger partial charge is 0.478 e. The number of rotatable bonds is 2. The summed E-state index contributed by atoms with van der Waals surface area (Å²) in [6, 6.07) is 0. The molecule has 1 N–H and O–H groups in total. The number of ether oxygens (including phenoxy) is 1. The fourth-order valence-electron chi connectivity index (χ4n) is 0.605. The molecule has 72 valence electrons. The van der Waals surface area contributed by atoms with Crippen LogP contribution in [0.2, 0.25) is 0 Å². The lowest BCUT2D eigenvalue weighted by Crippen LogP contribution is -2.09. The topological polar surface area (TPSA) is 63.6 Å². The summed E-state index contributed by atoms with van der Waals surface area (Å²) in [6.07, 6.45) is 4.66. The van der Waals surface area contributed by atoms with Gasteiger partial charge >= 0.3 is 11.9 Å². The standard InChI is InChI=1S/C6H8O2.C3H4O2/c1-8-6(7)5-3-2-4-5;1-2-3(4)5/h3H,2,4H2,1H3;2H,1H2,(H,4,5). The van der Waals surface area contributed by atoms with Gasteiger partial charge < -0.3 is 9.84 Å². The van der Waals surface area contributed by atoms with Crippen molar-refractivity contribution in [3.8, 4) is 0 Å². The summed E-state index contributed by atoms with van der Waals surface area (Å²) in [6.45, 7) is 2.96. The molecule has 0 unspecified atom stereocenters. The zero-order valence-corrected chi connectivity index (χ0v) is 7.45. The van der Waals surface area contributed by atoms with E-state index in [0.717, 1.165) is 24.5 Å². The molecule has 1 rings (SSSR count). The number of carbonyl (C=O) groups is 2. The Hall–Kier alpha value is -1.58.